The molecule has 7 heteroatoms. The van der Waals surface area contributed by atoms with E-state index in [0.717, 1.165) is 16.4 Å². The highest BCUT2D eigenvalue weighted by Gasteiger charge is 2.16. The molecule has 0 unspecified atom stereocenters. The fourth-order valence-corrected chi connectivity index (χ4v) is 4.19. The van der Waals surface area contributed by atoms with Gasteiger partial charge < -0.3 is 4.74 Å². The molecule has 0 aliphatic rings. The summed E-state index contributed by atoms with van der Waals surface area (Å²) in [5.74, 6) is 2.11. The van der Waals surface area contributed by atoms with Gasteiger partial charge in [0.05, 0.1) is 17.5 Å². The van der Waals surface area contributed by atoms with Crippen LogP contribution in [0.25, 0.3) is 16.7 Å². The number of benzene rings is 2. The Bertz CT molecular complexity index is 1240. The summed E-state index contributed by atoms with van der Waals surface area (Å²) in [6, 6.07) is 13.7. The molecule has 4 rings (SSSR count). The van der Waals surface area contributed by atoms with Gasteiger partial charge in [-0.1, -0.05) is 36.0 Å². The number of ether oxygens (including phenoxy) is 1. The van der Waals surface area contributed by atoms with Crippen LogP contribution in [0.15, 0.2) is 65.1 Å². The fourth-order valence-electron chi connectivity index (χ4n) is 3.43. The molecule has 2 aromatic heterocycles. The molecule has 148 valence electrons. The van der Waals surface area contributed by atoms with Crippen molar-refractivity contribution >= 4 is 28.4 Å². The molecule has 0 saturated heterocycles. The number of nitrogens with zero attached hydrogens (tertiary/aromatic N) is 4. The normalized spacial score (nSPS) is 11.2. The Balaban J connectivity index is 1.61. The van der Waals surface area contributed by atoms with E-state index in [-0.39, 0.29) is 5.56 Å². The standard InChI is InChI=1S/C22H22N4O2S/c1-4-9-25-20(27)18-7-5-6-8-19(18)26-21(25)23-24-22(26)29-11-10-28-17-13-15(2)12-16(3)14-17/h4-8,12-14H,1,9-11H2,2-3H3. The minimum atomic E-state index is -0.0879. The van der Waals surface area contributed by atoms with Gasteiger partial charge in [0, 0.05) is 12.3 Å². The van der Waals surface area contributed by atoms with Gasteiger partial charge in [-0.3, -0.25) is 13.8 Å². The molecular formula is C22H22N4O2S. The number of thioether (sulfide) groups is 1. The predicted octanol–water partition coefficient (Wildman–Crippen LogP) is 4.02. The summed E-state index contributed by atoms with van der Waals surface area (Å²) >= 11 is 1.55. The SMILES string of the molecule is C=CCn1c(=O)c2ccccc2n2c(SCCOc3cc(C)cc(C)c3)nnc12. The van der Waals surface area contributed by atoms with Crippen LogP contribution in [0.4, 0.5) is 0 Å². The van der Waals surface area contributed by atoms with Gasteiger partial charge >= 0.3 is 0 Å². The van der Waals surface area contributed by atoms with Crippen molar-refractivity contribution in [1.29, 1.82) is 0 Å². The summed E-state index contributed by atoms with van der Waals surface area (Å²) in [6.45, 7) is 8.80. The summed E-state index contributed by atoms with van der Waals surface area (Å²) in [7, 11) is 0. The van der Waals surface area contributed by atoms with Gasteiger partial charge in [0.25, 0.3) is 5.56 Å². The van der Waals surface area contributed by atoms with Gasteiger partial charge in [-0.05, 0) is 49.2 Å². The molecule has 2 heterocycles. The van der Waals surface area contributed by atoms with E-state index in [4.69, 9.17) is 4.74 Å². The number of fused-ring (bicyclic) bond motifs is 3. The Hall–Kier alpha value is -3.06. The molecule has 6 nitrogen and oxygen atoms in total. The third kappa shape index (κ3) is 3.78. The van der Waals surface area contributed by atoms with Crippen molar-refractivity contribution in [2.45, 2.75) is 25.5 Å². The van der Waals surface area contributed by atoms with E-state index in [1.54, 1.807) is 22.4 Å². The van der Waals surface area contributed by atoms with Crippen molar-refractivity contribution in [1.82, 2.24) is 19.2 Å². The summed E-state index contributed by atoms with van der Waals surface area (Å²) < 4.78 is 9.43. The number of hydrogen-bond acceptors (Lipinski definition) is 5. The van der Waals surface area contributed by atoms with Crippen molar-refractivity contribution in [3.05, 3.63) is 76.6 Å². The maximum atomic E-state index is 12.8. The molecule has 0 bridgehead atoms. The number of allylic oxidation sites excluding steroid dienone is 1. The second kappa shape index (κ2) is 8.13. The van der Waals surface area contributed by atoms with E-state index in [0.29, 0.717) is 30.1 Å². The van der Waals surface area contributed by atoms with Crippen LogP contribution in [0.5, 0.6) is 5.75 Å². The smallest absolute Gasteiger partial charge is 0.263 e. The van der Waals surface area contributed by atoms with E-state index < -0.39 is 0 Å². The molecule has 0 atom stereocenters. The van der Waals surface area contributed by atoms with Crippen LogP contribution in [0.2, 0.25) is 0 Å². The zero-order valence-corrected chi connectivity index (χ0v) is 17.3. The minimum absolute atomic E-state index is 0.0879. The van der Waals surface area contributed by atoms with Crippen LogP contribution in [0, 0.1) is 13.8 Å². The zero-order chi connectivity index (χ0) is 20.4. The molecule has 0 saturated carbocycles. The first-order valence-corrected chi connectivity index (χ1v) is 10.4. The third-order valence-electron chi connectivity index (χ3n) is 4.57. The first-order chi connectivity index (χ1) is 14.1. The maximum absolute atomic E-state index is 12.8. The van der Waals surface area contributed by atoms with E-state index >= 15 is 0 Å². The quantitative estimate of drug-likeness (QED) is 0.264. The van der Waals surface area contributed by atoms with Crippen molar-refractivity contribution in [2.75, 3.05) is 12.4 Å². The lowest BCUT2D eigenvalue weighted by Crippen LogP contribution is -2.22. The van der Waals surface area contributed by atoms with Gasteiger partial charge in [0.1, 0.15) is 5.75 Å². The van der Waals surface area contributed by atoms with Crippen LogP contribution in [0.3, 0.4) is 0 Å². The summed E-state index contributed by atoms with van der Waals surface area (Å²) in [5.41, 5.74) is 3.08. The number of rotatable bonds is 7. The van der Waals surface area contributed by atoms with Gasteiger partial charge in [-0.25, -0.2) is 0 Å². The molecule has 4 aromatic rings. The van der Waals surface area contributed by atoms with Crippen molar-refractivity contribution in [3.63, 3.8) is 0 Å². The highest BCUT2D eigenvalue weighted by atomic mass is 32.2. The van der Waals surface area contributed by atoms with Gasteiger partial charge in [-0.2, -0.15) is 0 Å². The monoisotopic (exact) mass is 406 g/mol. The van der Waals surface area contributed by atoms with Gasteiger partial charge in [0.2, 0.25) is 5.78 Å². The molecular weight excluding hydrogens is 384 g/mol. The lowest BCUT2D eigenvalue weighted by atomic mass is 10.1. The van der Waals surface area contributed by atoms with Crippen LogP contribution < -0.4 is 10.3 Å². The largest absolute Gasteiger partial charge is 0.493 e. The topological polar surface area (TPSA) is 61.4 Å². The Labute approximate surface area is 172 Å². The average Bonchev–Trinajstić information content (AvgIpc) is 3.12. The van der Waals surface area contributed by atoms with Crippen LogP contribution in [0.1, 0.15) is 11.1 Å². The summed E-state index contributed by atoms with van der Waals surface area (Å²) in [5, 5.41) is 9.97. The Morgan fingerprint density at radius 2 is 1.90 bits per heavy atom. The predicted molar refractivity (Wildman–Crippen MR) is 117 cm³/mol. The Morgan fingerprint density at radius 3 is 2.66 bits per heavy atom. The molecule has 2 aromatic carbocycles. The average molecular weight is 407 g/mol. The van der Waals surface area contributed by atoms with Gasteiger partial charge in [-0.15, -0.1) is 16.8 Å². The van der Waals surface area contributed by atoms with Crippen molar-refractivity contribution in [2.24, 2.45) is 0 Å². The van der Waals surface area contributed by atoms with Crippen molar-refractivity contribution in [3.8, 4) is 5.75 Å². The second-order valence-electron chi connectivity index (χ2n) is 6.86. The van der Waals surface area contributed by atoms with Crippen LogP contribution in [-0.4, -0.2) is 31.5 Å². The molecule has 0 spiro atoms. The number of para-hydroxylation sites is 1. The zero-order valence-electron chi connectivity index (χ0n) is 16.5. The fraction of sp³-hybridized carbons (Fsp3) is 0.227. The van der Waals surface area contributed by atoms with E-state index in [1.165, 1.54) is 11.1 Å². The second-order valence-corrected chi connectivity index (χ2v) is 7.92. The molecule has 0 aliphatic heterocycles. The molecule has 0 amide bonds. The van der Waals surface area contributed by atoms with Crippen LogP contribution in [-0.2, 0) is 6.54 Å². The molecule has 0 N–H and O–H groups in total. The number of aryl methyl sites for hydroxylation is 2. The third-order valence-corrected chi connectivity index (χ3v) is 5.46. The summed E-state index contributed by atoms with van der Waals surface area (Å²) in [6.07, 6.45) is 1.69. The Kier molecular flexibility index (Phi) is 5.40. The maximum Gasteiger partial charge on any atom is 0.263 e. The number of hydrogen-bond donors (Lipinski definition) is 0. The first-order valence-electron chi connectivity index (χ1n) is 9.40. The molecule has 0 radical (unpaired) electrons. The minimum Gasteiger partial charge on any atom is -0.493 e. The molecule has 29 heavy (non-hydrogen) atoms. The first kappa shape index (κ1) is 19.3. The lowest BCUT2D eigenvalue weighted by Gasteiger charge is -2.10. The van der Waals surface area contributed by atoms with E-state index in [1.807, 2.05) is 40.8 Å². The molecule has 0 fully saturated rings. The highest BCUT2D eigenvalue weighted by Crippen LogP contribution is 2.22. The molecule has 0 aliphatic carbocycles. The summed E-state index contributed by atoms with van der Waals surface area (Å²) in [4.78, 5) is 12.8. The lowest BCUT2D eigenvalue weighted by molar-refractivity contribution is 0.343. The highest BCUT2D eigenvalue weighted by molar-refractivity contribution is 7.99. The number of aromatic nitrogens is 4. The van der Waals surface area contributed by atoms with E-state index in [9.17, 15) is 4.79 Å². The van der Waals surface area contributed by atoms with Crippen molar-refractivity contribution < 1.29 is 4.74 Å². The van der Waals surface area contributed by atoms with Gasteiger partial charge in [0.15, 0.2) is 5.16 Å². The Morgan fingerprint density at radius 1 is 1.14 bits per heavy atom. The van der Waals surface area contributed by atoms with E-state index in [2.05, 4.69) is 36.7 Å². The van der Waals surface area contributed by atoms with Crippen LogP contribution >= 0.6 is 11.8 Å².